The molecule has 0 saturated carbocycles. The Morgan fingerprint density at radius 3 is 2.59 bits per heavy atom. The Labute approximate surface area is 105 Å². The van der Waals surface area contributed by atoms with E-state index < -0.39 is 5.54 Å². The van der Waals surface area contributed by atoms with E-state index in [0.717, 1.165) is 32.5 Å². The van der Waals surface area contributed by atoms with Gasteiger partial charge in [-0.1, -0.05) is 0 Å². The van der Waals surface area contributed by atoms with Crippen molar-refractivity contribution in [2.24, 2.45) is 0 Å². The maximum atomic E-state index is 9.18. The van der Waals surface area contributed by atoms with Crippen LogP contribution in [0.2, 0.25) is 0 Å². The minimum atomic E-state index is -0.432. The lowest BCUT2D eigenvalue weighted by Crippen LogP contribution is -2.48. The van der Waals surface area contributed by atoms with Crippen molar-refractivity contribution in [2.45, 2.75) is 50.7 Å². The van der Waals surface area contributed by atoms with Crippen molar-refractivity contribution in [3.8, 4) is 6.07 Å². The number of nitrogens with zero attached hydrogens (tertiary/aromatic N) is 2. The molecule has 1 fully saturated rings. The Bertz CT molecular complexity index is 270. The largest absolute Gasteiger partial charge is 0.381 e. The Balaban J connectivity index is 2.51. The number of nitriles is 1. The number of hydrogen-bond acceptors (Lipinski definition) is 4. The standard InChI is InChI=1S/C13H25N3O/c1-11(9-13(2,10-14)15-3)16(4)12-5-7-17-8-6-12/h11-12,15H,5-9H2,1-4H3. The smallest absolute Gasteiger partial charge is 0.105 e. The quantitative estimate of drug-likeness (QED) is 0.787. The van der Waals surface area contributed by atoms with Crippen LogP contribution in [0.1, 0.15) is 33.1 Å². The lowest BCUT2D eigenvalue weighted by molar-refractivity contribution is 0.0274. The summed E-state index contributed by atoms with van der Waals surface area (Å²) >= 11 is 0. The molecule has 1 N–H and O–H groups in total. The molecule has 2 unspecified atom stereocenters. The molecule has 98 valence electrons. The number of rotatable bonds is 5. The molecule has 0 aromatic rings. The molecule has 0 radical (unpaired) electrons. The summed E-state index contributed by atoms with van der Waals surface area (Å²) in [5.74, 6) is 0. The minimum absolute atomic E-state index is 0.398. The zero-order valence-corrected chi connectivity index (χ0v) is 11.5. The minimum Gasteiger partial charge on any atom is -0.381 e. The average Bonchev–Trinajstić information content (AvgIpc) is 2.38. The van der Waals surface area contributed by atoms with Crippen LogP contribution in [0.25, 0.3) is 0 Å². The predicted octanol–water partition coefficient (Wildman–Crippen LogP) is 1.38. The van der Waals surface area contributed by atoms with E-state index in [1.54, 1.807) is 0 Å². The van der Waals surface area contributed by atoms with Crippen molar-refractivity contribution in [3.63, 3.8) is 0 Å². The van der Waals surface area contributed by atoms with E-state index in [4.69, 9.17) is 4.74 Å². The van der Waals surface area contributed by atoms with Gasteiger partial charge in [0.1, 0.15) is 5.54 Å². The van der Waals surface area contributed by atoms with Gasteiger partial charge in [-0.3, -0.25) is 0 Å². The second-order valence-electron chi connectivity index (χ2n) is 5.26. The van der Waals surface area contributed by atoms with Gasteiger partial charge in [0.2, 0.25) is 0 Å². The summed E-state index contributed by atoms with van der Waals surface area (Å²) in [6, 6.07) is 3.35. The van der Waals surface area contributed by atoms with Gasteiger partial charge in [0.15, 0.2) is 0 Å². The third-order valence-electron chi connectivity index (χ3n) is 3.96. The van der Waals surface area contributed by atoms with Gasteiger partial charge in [-0.15, -0.1) is 0 Å². The van der Waals surface area contributed by atoms with Gasteiger partial charge < -0.3 is 15.0 Å². The van der Waals surface area contributed by atoms with Gasteiger partial charge in [-0.25, -0.2) is 0 Å². The van der Waals surface area contributed by atoms with E-state index >= 15 is 0 Å². The van der Waals surface area contributed by atoms with E-state index in [9.17, 15) is 5.26 Å². The molecular weight excluding hydrogens is 214 g/mol. The van der Waals surface area contributed by atoms with Crippen LogP contribution in [0, 0.1) is 11.3 Å². The monoisotopic (exact) mass is 239 g/mol. The molecule has 0 aromatic heterocycles. The lowest BCUT2D eigenvalue weighted by atomic mass is 9.93. The molecule has 2 atom stereocenters. The van der Waals surface area contributed by atoms with Crippen molar-refractivity contribution < 1.29 is 4.74 Å². The molecule has 1 saturated heterocycles. The summed E-state index contributed by atoms with van der Waals surface area (Å²) in [6.45, 7) is 5.89. The summed E-state index contributed by atoms with van der Waals surface area (Å²) in [6.07, 6.45) is 3.04. The fraction of sp³-hybridized carbons (Fsp3) is 0.923. The van der Waals surface area contributed by atoms with Crippen LogP contribution in [0.15, 0.2) is 0 Å². The summed E-state index contributed by atoms with van der Waals surface area (Å²) in [7, 11) is 4.01. The summed E-state index contributed by atoms with van der Waals surface area (Å²) in [5.41, 5.74) is -0.432. The van der Waals surface area contributed by atoms with Crippen LogP contribution in [0.4, 0.5) is 0 Å². The first kappa shape index (κ1) is 14.4. The van der Waals surface area contributed by atoms with Crippen LogP contribution in [-0.2, 0) is 4.74 Å². The first-order chi connectivity index (χ1) is 8.02. The van der Waals surface area contributed by atoms with Gasteiger partial charge in [0.05, 0.1) is 6.07 Å². The molecule has 0 aromatic carbocycles. The van der Waals surface area contributed by atoms with E-state index in [1.807, 2.05) is 14.0 Å². The maximum absolute atomic E-state index is 9.18. The van der Waals surface area contributed by atoms with Crippen LogP contribution < -0.4 is 5.32 Å². The van der Waals surface area contributed by atoms with Crippen LogP contribution in [0.5, 0.6) is 0 Å². The second-order valence-corrected chi connectivity index (χ2v) is 5.26. The zero-order chi connectivity index (χ0) is 12.9. The van der Waals surface area contributed by atoms with E-state index in [0.29, 0.717) is 12.1 Å². The highest BCUT2D eigenvalue weighted by Crippen LogP contribution is 2.20. The summed E-state index contributed by atoms with van der Waals surface area (Å²) in [4.78, 5) is 2.40. The Morgan fingerprint density at radius 2 is 2.12 bits per heavy atom. The fourth-order valence-electron chi connectivity index (χ4n) is 2.39. The van der Waals surface area contributed by atoms with Gasteiger partial charge >= 0.3 is 0 Å². The molecule has 17 heavy (non-hydrogen) atoms. The first-order valence-electron chi connectivity index (χ1n) is 6.42. The third-order valence-corrected chi connectivity index (χ3v) is 3.96. The molecule has 1 aliphatic rings. The summed E-state index contributed by atoms with van der Waals surface area (Å²) in [5, 5.41) is 12.3. The lowest BCUT2D eigenvalue weighted by Gasteiger charge is -2.38. The average molecular weight is 239 g/mol. The van der Waals surface area contributed by atoms with Crippen LogP contribution >= 0.6 is 0 Å². The summed E-state index contributed by atoms with van der Waals surface area (Å²) < 4.78 is 5.38. The second kappa shape index (κ2) is 6.34. The van der Waals surface area contributed by atoms with Gasteiger partial charge in [-0.2, -0.15) is 5.26 Å². The number of hydrogen-bond donors (Lipinski definition) is 1. The SMILES string of the molecule is CNC(C)(C#N)CC(C)N(C)C1CCOCC1. The highest BCUT2D eigenvalue weighted by molar-refractivity contribution is 5.04. The van der Waals surface area contributed by atoms with Crippen LogP contribution in [0.3, 0.4) is 0 Å². The molecule has 0 bridgehead atoms. The van der Waals surface area contributed by atoms with Gasteiger partial charge in [0.25, 0.3) is 0 Å². The Kier molecular flexibility index (Phi) is 5.38. The zero-order valence-electron chi connectivity index (χ0n) is 11.5. The molecule has 1 rings (SSSR count). The number of ether oxygens (including phenoxy) is 1. The predicted molar refractivity (Wildman–Crippen MR) is 68.8 cm³/mol. The van der Waals surface area contributed by atoms with Crippen molar-refractivity contribution in [1.29, 1.82) is 5.26 Å². The fourth-order valence-corrected chi connectivity index (χ4v) is 2.39. The third kappa shape index (κ3) is 3.95. The van der Waals surface area contributed by atoms with E-state index in [1.165, 1.54) is 0 Å². The molecule has 1 heterocycles. The highest BCUT2D eigenvalue weighted by atomic mass is 16.5. The highest BCUT2D eigenvalue weighted by Gasteiger charge is 2.29. The molecule has 1 aliphatic heterocycles. The molecule has 0 spiro atoms. The molecule has 4 nitrogen and oxygen atoms in total. The molecule has 0 aliphatic carbocycles. The van der Waals surface area contributed by atoms with Crippen molar-refractivity contribution in [3.05, 3.63) is 0 Å². The van der Waals surface area contributed by atoms with Gasteiger partial charge in [-0.05, 0) is 47.2 Å². The Morgan fingerprint density at radius 1 is 1.53 bits per heavy atom. The van der Waals surface area contributed by atoms with Crippen molar-refractivity contribution >= 4 is 0 Å². The van der Waals surface area contributed by atoms with E-state index in [2.05, 4.69) is 30.3 Å². The topological polar surface area (TPSA) is 48.3 Å². The molecular formula is C13H25N3O. The number of nitrogens with one attached hydrogen (secondary N) is 1. The molecule has 4 heteroatoms. The van der Waals surface area contributed by atoms with Crippen molar-refractivity contribution in [2.75, 3.05) is 27.3 Å². The molecule has 0 amide bonds. The van der Waals surface area contributed by atoms with Gasteiger partial charge in [0, 0.05) is 25.3 Å². The Hall–Kier alpha value is -0.630. The first-order valence-corrected chi connectivity index (χ1v) is 6.42. The maximum Gasteiger partial charge on any atom is 0.105 e. The van der Waals surface area contributed by atoms with Crippen molar-refractivity contribution in [1.82, 2.24) is 10.2 Å². The van der Waals surface area contributed by atoms with E-state index in [-0.39, 0.29) is 0 Å². The normalized spacial score (nSPS) is 23.1. The van der Waals surface area contributed by atoms with Crippen LogP contribution in [-0.4, -0.2) is 49.8 Å².